The molecule has 1 saturated heterocycles. The zero-order valence-electron chi connectivity index (χ0n) is 10.1. The lowest BCUT2D eigenvalue weighted by Gasteiger charge is -2.22. The molecular formula is C13H17FN2O2. The fraction of sp³-hybridized carbons (Fsp3) is 0.462. The van der Waals surface area contributed by atoms with Crippen molar-refractivity contribution in [2.45, 2.75) is 12.8 Å². The summed E-state index contributed by atoms with van der Waals surface area (Å²) in [5.74, 6) is -0.467. The van der Waals surface area contributed by atoms with E-state index in [1.807, 2.05) is 0 Å². The van der Waals surface area contributed by atoms with Crippen molar-refractivity contribution in [1.82, 2.24) is 5.32 Å². The van der Waals surface area contributed by atoms with Crippen molar-refractivity contribution >= 4 is 11.6 Å². The first-order chi connectivity index (χ1) is 8.66. The number of halogens is 1. The Hall–Kier alpha value is -1.62. The Balaban J connectivity index is 1.92. The molecular weight excluding hydrogens is 235 g/mol. The summed E-state index contributed by atoms with van der Waals surface area (Å²) in [4.78, 5) is 11.9. The summed E-state index contributed by atoms with van der Waals surface area (Å²) in [6.07, 6.45) is 2.06. The van der Waals surface area contributed by atoms with Crippen LogP contribution in [0.2, 0.25) is 0 Å². The Morgan fingerprint density at radius 1 is 1.56 bits per heavy atom. The van der Waals surface area contributed by atoms with Gasteiger partial charge in [-0.1, -0.05) is 0 Å². The van der Waals surface area contributed by atoms with Gasteiger partial charge in [-0.15, -0.1) is 0 Å². The van der Waals surface area contributed by atoms with Gasteiger partial charge in [-0.25, -0.2) is 4.39 Å². The average molecular weight is 252 g/mol. The zero-order chi connectivity index (χ0) is 13.0. The van der Waals surface area contributed by atoms with Crippen LogP contribution in [0, 0.1) is 11.7 Å². The first-order valence-corrected chi connectivity index (χ1v) is 6.08. The molecule has 1 heterocycles. The summed E-state index contributed by atoms with van der Waals surface area (Å²) < 4.78 is 18.4. The van der Waals surface area contributed by atoms with E-state index < -0.39 is 5.82 Å². The van der Waals surface area contributed by atoms with Crippen molar-refractivity contribution in [3.8, 4) is 0 Å². The van der Waals surface area contributed by atoms with E-state index in [0.29, 0.717) is 19.1 Å². The van der Waals surface area contributed by atoms with Crippen LogP contribution in [0.1, 0.15) is 23.2 Å². The van der Waals surface area contributed by atoms with Crippen molar-refractivity contribution in [3.05, 3.63) is 29.6 Å². The number of nitrogens with one attached hydrogen (secondary N) is 1. The number of nitrogens with two attached hydrogens (primary N) is 1. The van der Waals surface area contributed by atoms with Crippen LogP contribution in [0.5, 0.6) is 0 Å². The number of benzene rings is 1. The van der Waals surface area contributed by atoms with Crippen molar-refractivity contribution in [1.29, 1.82) is 0 Å². The molecule has 3 N–H and O–H groups in total. The smallest absolute Gasteiger partial charge is 0.253 e. The Labute approximate surface area is 105 Å². The SMILES string of the molecule is Nc1ccc(F)cc1C(=O)NCC1CCCOC1. The lowest BCUT2D eigenvalue weighted by molar-refractivity contribution is 0.0536. The summed E-state index contributed by atoms with van der Waals surface area (Å²) >= 11 is 0. The highest BCUT2D eigenvalue weighted by molar-refractivity contribution is 5.99. The lowest BCUT2D eigenvalue weighted by atomic mass is 10.0. The molecule has 1 fully saturated rings. The molecule has 0 aliphatic carbocycles. The number of hydrogen-bond donors (Lipinski definition) is 2. The van der Waals surface area contributed by atoms with Gasteiger partial charge >= 0.3 is 0 Å². The van der Waals surface area contributed by atoms with Crippen molar-refractivity contribution in [2.75, 3.05) is 25.5 Å². The van der Waals surface area contributed by atoms with Gasteiger partial charge < -0.3 is 15.8 Å². The van der Waals surface area contributed by atoms with Crippen molar-refractivity contribution in [2.24, 2.45) is 5.92 Å². The van der Waals surface area contributed by atoms with Crippen LogP contribution >= 0.6 is 0 Å². The fourth-order valence-electron chi connectivity index (χ4n) is 2.03. The van der Waals surface area contributed by atoms with Gasteiger partial charge in [-0.05, 0) is 37.0 Å². The third-order valence-corrected chi connectivity index (χ3v) is 3.07. The van der Waals surface area contributed by atoms with E-state index >= 15 is 0 Å². The maximum atomic E-state index is 13.0. The summed E-state index contributed by atoms with van der Waals surface area (Å²) in [6, 6.07) is 3.79. The largest absolute Gasteiger partial charge is 0.398 e. The minimum absolute atomic E-state index is 0.187. The molecule has 2 rings (SSSR count). The van der Waals surface area contributed by atoms with Gasteiger partial charge in [0.2, 0.25) is 0 Å². The minimum Gasteiger partial charge on any atom is -0.398 e. The Morgan fingerprint density at radius 3 is 3.11 bits per heavy atom. The molecule has 0 aromatic heterocycles. The van der Waals surface area contributed by atoms with E-state index in [9.17, 15) is 9.18 Å². The molecule has 5 heteroatoms. The fourth-order valence-corrected chi connectivity index (χ4v) is 2.03. The number of carbonyl (C=O) groups is 1. The second-order valence-electron chi connectivity index (χ2n) is 4.52. The lowest BCUT2D eigenvalue weighted by Crippen LogP contribution is -2.33. The van der Waals surface area contributed by atoms with Gasteiger partial charge in [0.1, 0.15) is 5.82 Å². The van der Waals surface area contributed by atoms with E-state index in [2.05, 4.69) is 5.32 Å². The summed E-state index contributed by atoms with van der Waals surface area (Å²) in [5, 5.41) is 2.77. The molecule has 1 aromatic carbocycles. The summed E-state index contributed by atoms with van der Waals surface area (Å²) in [5.41, 5.74) is 6.12. The second kappa shape index (κ2) is 5.82. The zero-order valence-corrected chi connectivity index (χ0v) is 10.1. The Kier molecular flexibility index (Phi) is 4.15. The first-order valence-electron chi connectivity index (χ1n) is 6.08. The molecule has 1 unspecified atom stereocenters. The van der Waals surface area contributed by atoms with Crippen LogP contribution in [0.3, 0.4) is 0 Å². The van der Waals surface area contributed by atoms with Crippen LogP contribution in [-0.2, 0) is 4.74 Å². The van der Waals surface area contributed by atoms with Crippen LogP contribution < -0.4 is 11.1 Å². The summed E-state index contributed by atoms with van der Waals surface area (Å²) in [7, 11) is 0. The molecule has 0 saturated carbocycles. The maximum absolute atomic E-state index is 13.0. The first kappa shape index (κ1) is 12.8. The molecule has 0 radical (unpaired) electrons. The van der Waals surface area contributed by atoms with Crippen LogP contribution in [0.15, 0.2) is 18.2 Å². The third-order valence-electron chi connectivity index (χ3n) is 3.07. The highest BCUT2D eigenvalue weighted by Gasteiger charge is 2.16. The van der Waals surface area contributed by atoms with Gasteiger partial charge in [0.15, 0.2) is 0 Å². The predicted octanol–water partition coefficient (Wildman–Crippen LogP) is 1.56. The van der Waals surface area contributed by atoms with E-state index in [-0.39, 0.29) is 17.2 Å². The number of anilines is 1. The van der Waals surface area contributed by atoms with Gasteiger partial charge in [-0.2, -0.15) is 0 Å². The molecule has 1 aromatic rings. The predicted molar refractivity (Wildman–Crippen MR) is 66.7 cm³/mol. The molecule has 1 atom stereocenters. The monoisotopic (exact) mass is 252 g/mol. The maximum Gasteiger partial charge on any atom is 0.253 e. The van der Waals surface area contributed by atoms with E-state index in [0.717, 1.165) is 25.5 Å². The highest BCUT2D eigenvalue weighted by Crippen LogP contribution is 2.15. The van der Waals surface area contributed by atoms with E-state index in [1.165, 1.54) is 12.1 Å². The molecule has 1 aliphatic heterocycles. The Morgan fingerprint density at radius 2 is 2.39 bits per heavy atom. The third kappa shape index (κ3) is 3.20. The molecule has 1 aliphatic rings. The summed E-state index contributed by atoms with van der Waals surface area (Å²) in [6.45, 7) is 2.00. The highest BCUT2D eigenvalue weighted by atomic mass is 19.1. The van der Waals surface area contributed by atoms with Crippen LogP contribution in [0.25, 0.3) is 0 Å². The van der Waals surface area contributed by atoms with Crippen LogP contribution in [0.4, 0.5) is 10.1 Å². The van der Waals surface area contributed by atoms with Crippen molar-refractivity contribution in [3.63, 3.8) is 0 Å². The molecule has 98 valence electrons. The van der Waals surface area contributed by atoms with Gasteiger partial charge in [0, 0.05) is 18.8 Å². The van der Waals surface area contributed by atoms with Crippen LogP contribution in [-0.4, -0.2) is 25.7 Å². The molecule has 18 heavy (non-hydrogen) atoms. The van der Waals surface area contributed by atoms with Crippen molar-refractivity contribution < 1.29 is 13.9 Å². The van der Waals surface area contributed by atoms with Gasteiger partial charge in [-0.3, -0.25) is 4.79 Å². The minimum atomic E-state index is -0.463. The van der Waals surface area contributed by atoms with Gasteiger partial charge in [0.05, 0.1) is 12.2 Å². The number of hydrogen-bond acceptors (Lipinski definition) is 3. The molecule has 0 spiro atoms. The second-order valence-corrected chi connectivity index (χ2v) is 4.52. The normalized spacial score (nSPS) is 19.5. The molecule has 0 bridgehead atoms. The van der Waals surface area contributed by atoms with E-state index in [4.69, 9.17) is 10.5 Å². The topological polar surface area (TPSA) is 64.4 Å². The number of carbonyl (C=O) groups excluding carboxylic acids is 1. The number of nitrogen functional groups attached to an aromatic ring is 1. The molecule has 4 nitrogen and oxygen atoms in total. The quantitative estimate of drug-likeness (QED) is 0.802. The number of rotatable bonds is 3. The standard InChI is InChI=1S/C13H17FN2O2/c14-10-3-4-12(15)11(6-10)13(17)16-7-9-2-1-5-18-8-9/h3-4,6,9H,1-2,5,7-8,15H2,(H,16,17). The van der Waals surface area contributed by atoms with E-state index in [1.54, 1.807) is 0 Å². The average Bonchev–Trinajstić information content (AvgIpc) is 2.40. The number of amides is 1. The number of ether oxygens (including phenoxy) is 1. The van der Waals surface area contributed by atoms with Gasteiger partial charge in [0.25, 0.3) is 5.91 Å². The molecule has 1 amide bonds. The Bertz CT molecular complexity index is 431.